The number of unbranched alkanes of at least 4 members (excludes halogenated alkanes) is 2. The van der Waals surface area contributed by atoms with Gasteiger partial charge in [-0.15, -0.1) is 0 Å². The second-order valence-electron chi connectivity index (χ2n) is 5.06. The number of nitrogens with zero attached hydrogens (tertiary/aromatic N) is 2. The van der Waals surface area contributed by atoms with Crippen molar-refractivity contribution in [3.05, 3.63) is 18.3 Å². The summed E-state index contributed by atoms with van der Waals surface area (Å²) in [6.07, 6.45) is 6.62. The van der Waals surface area contributed by atoms with E-state index in [0.29, 0.717) is 0 Å². The van der Waals surface area contributed by atoms with Crippen molar-refractivity contribution in [2.45, 2.75) is 39.5 Å². The number of nitrogen functional groups attached to an aromatic ring is 1. The monoisotopic (exact) mass is 260 g/mol. The van der Waals surface area contributed by atoms with Gasteiger partial charge in [0.1, 0.15) is 0 Å². The largest absolute Gasteiger partial charge is 0.397 e. The molecule has 3 N–H and O–H groups in total. The van der Waals surface area contributed by atoms with Crippen LogP contribution in [-0.4, -0.2) is 23.3 Å². The van der Waals surface area contributed by atoms with Gasteiger partial charge in [0.15, 0.2) is 0 Å². The first-order valence-electron chi connectivity index (χ1n) is 7.23. The Labute approximate surface area is 115 Å². The van der Waals surface area contributed by atoms with Crippen molar-refractivity contribution in [3.8, 4) is 0 Å². The van der Waals surface area contributed by atoms with Crippen LogP contribution in [0.15, 0.2) is 18.3 Å². The molecule has 1 aromatic carbocycles. The molecule has 19 heavy (non-hydrogen) atoms. The maximum Gasteiger partial charge on any atom is 0.0672 e. The normalized spacial score (nSPS) is 11.1. The van der Waals surface area contributed by atoms with E-state index in [1.165, 1.54) is 25.7 Å². The Morgan fingerprint density at radius 2 is 1.84 bits per heavy atom. The molecule has 0 spiro atoms. The summed E-state index contributed by atoms with van der Waals surface area (Å²) >= 11 is 0. The number of aromatic nitrogens is 2. The number of hydrogen-bond acceptors (Lipinski definition) is 3. The third-order valence-electron chi connectivity index (χ3n) is 3.49. The van der Waals surface area contributed by atoms with Crippen molar-refractivity contribution in [3.63, 3.8) is 0 Å². The minimum Gasteiger partial charge on any atom is -0.397 e. The van der Waals surface area contributed by atoms with Crippen LogP contribution >= 0.6 is 0 Å². The quantitative estimate of drug-likeness (QED) is 0.748. The SMILES string of the molecule is CCCCN(CCCC)c1cc2[nH]ncc2cc1N. The third kappa shape index (κ3) is 3.19. The smallest absolute Gasteiger partial charge is 0.0672 e. The first kappa shape index (κ1) is 13.7. The fraction of sp³-hybridized carbons (Fsp3) is 0.533. The summed E-state index contributed by atoms with van der Waals surface area (Å²) < 4.78 is 0. The van der Waals surface area contributed by atoms with Crippen LogP contribution in [0.1, 0.15) is 39.5 Å². The van der Waals surface area contributed by atoms with Gasteiger partial charge in [-0.25, -0.2) is 0 Å². The zero-order valence-electron chi connectivity index (χ0n) is 11.9. The van der Waals surface area contributed by atoms with E-state index in [-0.39, 0.29) is 0 Å². The Morgan fingerprint density at radius 1 is 1.16 bits per heavy atom. The molecular weight excluding hydrogens is 236 g/mol. The van der Waals surface area contributed by atoms with Crippen LogP contribution in [-0.2, 0) is 0 Å². The molecule has 0 fully saturated rings. The summed E-state index contributed by atoms with van der Waals surface area (Å²) in [4.78, 5) is 2.41. The average Bonchev–Trinajstić information content (AvgIpc) is 2.85. The number of H-pyrrole nitrogens is 1. The van der Waals surface area contributed by atoms with Crippen LogP contribution in [0.3, 0.4) is 0 Å². The number of aromatic amines is 1. The number of benzene rings is 1. The van der Waals surface area contributed by atoms with Gasteiger partial charge in [-0.2, -0.15) is 5.10 Å². The fourth-order valence-electron chi connectivity index (χ4n) is 2.32. The number of nitrogens with two attached hydrogens (primary N) is 1. The Hall–Kier alpha value is -1.71. The van der Waals surface area contributed by atoms with E-state index in [2.05, 4.69) is 35.0 Å². The molecule has 104 valence electrons. The number of anilines is 2. The molecule has 0 aliphatic rings. The van der Waals surface area contributed by atoms with Crippen LogP contribution in [0, 0.1) is 0 Å². The van der Waals surface area contributed by atoms with E-state index in [4.69, 9.17) is 5.73 Å². The second kappa shape index (κ2) is 6.45. The molecule has 0 aliphatic carbocycles. The molecule has 0 amide bonds. The molecular formula is C15H24N4. The highest BCUT2D eigenvalue weighted by molar-refractivity contribution is 5.88. The predicted octanol–water partition coefficient (Wildman–Crippen LogP) is 3.55. The second-order valence-corrected chi connectivity index (χ2v) is 5.06. The van der Waals surface area contributed by atoms with Gasteiger partial charge < -0.3 is 10.6 Å². The lowest BCUT2D eigenvalue weighted by atomic mass is 10.1. The summed E-state index contributed by atoms with van der Waals surface area (Å²) in [6, 6.07) is 4.14. The van der Waals surface area contributed by atoms with E-state index >= 15 is 0 Å². The standard InChI is InChI=1S/C15H24N4/c1-3-5-7-19(8-6-4-2)15-10-14-12(9-13(15)16)11-17-18-14/h9-11H,3-8,16H2,1-2H3,(H,17,18). The minimum absolute atomic E-state index is 0.848. The molecule has 0 aliphatic heterocycles. The first-order valence-corrected chi connectivity index (χ1v) is 7.23. The highest BCUT2D eigenvalue weighted by Gasteiger charge is 2.11. The molecule has 1 aromatic heterocycles. The topological polar surface area (TPSA) is 57.9 Å². The lowest BCUT2D eigenvalue weighted by Crippen LogP contribution is -2.26. The van der Waals surface area contributed by atoms with E-state index in [1.54, 1.807) is 0 Å². The molecule has 0 unspecified atom stereocenters. The molecule has 0 bridgehead atoms. The third-order valence-corrected chi connectivity index (χ3v) is 3.49. The summed E-state index contributed by atoms with van der Waals surface area (Å²) in [7, 11) is 0. The molecule has 4 heteroatoms. The van der Waals surface area contributed by atoms with Crippen LogP contribution in [0.2, 0.25) is 0 Å². The summed E-state index contributed by atoms with van der Waals surface area (Å²) in [6.45, 7) is 6.58. The van der Waals surface area contributed by atoms with Gasteiger partial charge in [0, 0.05) is 18.5 Å². The van der Waals surface area contributed by atoms with E-state index in [1.807, 2.05) is 12.3 Å². The number of fused-ring (bicyclic) bond motifs is 1. The summed E-state index contributed by atoms with van der Waals surface area (Å²) in [5, 5.41) is 8.17. The molecule has 0 radical (unpaired) electrons. The van der Waals surface area contributed by atoms with Gasteiger partial charge >= 0.3 is 0 Å². The first-order chi connectivity index (χ1) is 9.26. The Morgan fingerprint density at radius 3 is 2.47 bits per heavy atom. The van der Waals surface area contributed by atoms with Gasteiger partial charge in [-0.1, -0.05) is 26.7 Å². The number of hydrogen-bond donors (Lipinski definition) is 2. The minimum atomic E-state index is 0.848. The molecule has 2 rings (SSSR count). The van der Waals surface area contributed by atoms with Crippen LogP contribution in [0.4, 0.5) is 11.4 Å². The average molecular weight is 260 g/mol. The zero-order valence-corrected chi connectivity index (χ0v) is 11.9. The predicted molar refractivity (Wildman–Crippen MR) is 82.5 cm³/mol. The van der Waals surface area contributed by atoms with Crippen molar-refractivity contribution in [2.75, 3.05) is 23.7 Å². The molecule has 0 saturated carbocycles. The lowest BCUT2D eigenvalue weighted by molar-refractivity contribution is 0.679. The molecule has 0 atom stereocenters. The van der Waals surface area contributed by atoms with Crippen LogP contribution < -0.4 is 10.6 Å². The van der Waals surface area contributed by atoms with Gasteiger partial charge in [0.2, 0.25) is 0 Å². The number of rotatable bonds is 7. The van der Waals surface area contributed by atoms with Crippen molar-refractivity contribution >= 4 is 22.3 Å². The molecule has 1 heterocycles. The summed E-state index contributed by atoms with van der Waals surface area (Å²) in [5.74, 6) is 0. The number of nitrogens with one attached hydrogen (secondary N) is 1. The van der Waals surface area contributed by atoms with Crippen molar-refractivity contribution < 1.29 is 0 Å². The van der Waals surface area contributed by atoms with Gasteiger partial charge in [0.25, 0.3) is 0 Å². The van der Waals surface area contributed by atoms with Crippen molar-refractivity contribution in [1.29, 1.82) is 0 Å². The Balaban J connectivity index is 2.27. The van der Waals surface area contributed by atoms with E-state index in [9.17, 15) is 0 Å². The van der Waals surface area contributed by atoms with Crippen LogP contribution in [0.25, 0.3) is 10.9 Å². The highest BCUT2D eigenvalue weighted by atomic mass is 15.1. The van der Waals surface area contributed by atoms with Gasteiger partial charge in [-0.3, -0.25) is 5.10 Å². The van der Waals surface area contributed by atoms with Crippen molar-refractivity contribution in [1.82, 2.24) is 10.2 Å². The summed E-state index contributed by atoms with van der Waals surface area (Å²) in [5.41, 5.74) is 9.25. The lowest BCUT2D eigenvalue weighted by Gasteiger charge is -2.26. The van der Waals surface area contributed by atoms with Gasteiger partial charge in [0.05, 0.1) is 23.1 Å². The maximum absolute atomic E-state index is 6.21. The Kier molecular flexibility index (Phi) is 4.66. The highest BCUT2D eigenvalue weighted by Crippen LogP contribution is 2.28. The Bertz CT molecular complexity index is 510. The van der Waals surface area contributed by atoms with Gasteiger partial charge in [-0.05, 0) is 25.0 Å². The van der Waals surface area contributed by atoms with E-state index in [0.717, 1.165) is 35.4 Å². The van der Waals surface area contributed by atoms with E-state index < -0.39 is 0 Å². The fourth-order valence-corrected chi connectivity index (χ4v) is 2.32. The maximum atomic E-state index is 6.21. The van der Waals surface area contributed by atoms with Crippen LogP contribution in [0.5, 0.6) is 0 Å². The molecule has 2 aromatic rings. The molecule has 0 saturated heterocycles. The zero-order chi connectivity index (χ0) is 13.7. The molecule has 4 nitrogen and oxygen atoms in total. The van der Waals surface area contributed by atoms with Crippen molar-refractivity contribution in [2.24, 2.45) is 0 Å².